The van der Waals surface area contributed by atoms with Crippen molar-refractivity contribution in [2.75, 3.05) is 13.2 Å². The summed E-state index contributed by atoms with van der Waals surface area (Å²) in [4.78, 5) is 21.5. The first kappa shape index (κ1) is 17.3. The van der Waals surface area contributed by atoms with Crippen molar-refractivity contribution >= 4 is 11.9 Å². The molecule has 0 unspecified atom stereocenters. The number of aliphatic hydroxyl groups excluding tert-OH is 1. The summed E-state index contributed by atoms with van der Waals surface area (Å²) in [6.45, 7) is -0.0563. The Morgan fingerprint density at radius 2 is 1.08 bits per heavy atom. The van der Waals surface area contributed by atoms with Gasteiger partial charge in [-0.15, -0.1) is 0 Å². The van der Waals surface area contributed by atoms with E-state index in [2.05, 4.69) is 0 Å². The number of carbonyl (C=O) groups is 2. The second kappa shape index (κ2) is 7.98. The summed E-state index contributed by atoms with van der Waals surface area (Å²) in [5.74, 6) is -1.18. The van der Waals surface area contributed by atoms with Gasteiger partial charge >= 0.3 is 11.9 Å². The Kier molecular flexibility index (Phi) is 5.75. The molecule has 7 nitrogen and oxygen atoms in total. The Bertz CT molecular complexity index is 630. The molecule has 7 heteroatoms. The number of aliphatic hydroxyl groups is 1. The SMILES string of the molecule is O=C(O)c1ccc(OCC(O)COc2ccc(C(=O)O)cc2)cc1. The first-order valence-corrected chi connectivity index (χ1v) is 7.06. The fourth-order valence-corrected chi connectivity index (χ4v) is 1.82. The molecule has 0 aliphatic heterocycles. The quantitative estimate of drug-likeness (QED) is 0.676. The van der Waals surface area contributed by atoms with Gasteiger partial charge in [0.2, 0.25) is 0 Å². The van der Waals surface area contributed by atoms with Gasteiger partial charge in [0.1, 0.15) is 30.8 Å². The van der Waals surface area contributed by atoms with Gasteiger partial charge in [-0.1, -0.05) is 0 Å². The van der Waals surface area contributed by atoms with E-state index in [0.717, 1.165) is 0 Å². The number of rotatable bonds is 8. The summed E-state index contributed by atoms with van der Waals surface area (Å²) in [7, 11) is 0. The van der Waals surface area contributed by atoms with Gasteiger partial charge in [0.15, 0.2) is 0 Å². The third-order valence-corrected chi connectivity index (χ3v) is 3.09. The lowest BCUT2D eigenvalue weighted by atomic mass is 10.2. The van der Waals surface area contributed by atoms with Crippen LogP contribution in [0.2, 0.25) is 0 Å². The number of ether oxygens (including phenoxy) is 2. The molecular formula is C17H16O7. The molecule has 0 radical (unpaired) electrons. The molecule has 0 bridgehead atoms. The van der Waals surface area contributed by atoms with Gasteiger partial charge in [-0.3, -0.25) is 0 Å². The summed E-state index contributed by atoms with van der Waals surface area (Å²) < 4.78 is 10.7. The molecule has 2 aromatic rings. The molecule has 0 aliphatic rings. The third-order valence-electron chi connectivity index (χ3n) is 3.09. The molecule has 126 valence electrons. The van der Waals surface area contributed by atoms with Crippen LogP contribution >= 0.6 is 0 Å². The van der Waals surface area contributed by atoms with E-state index in [1.165, 1.54) is 48.5 Å². The Morgan fingerprint density at radius 1 is 0.750 bits per heavy atom. The molecule has 0 fully saturated rings. The van der Waals surface area contributed by atoms with Crippen LogP contribution in [0.4, 0.5) is 0 Å². The van der Waals surface area contributed by atoms with Crippen LogP contribution in [-0.4, -0.2) is 46.6 Å². The lowest BCUT2D eigenvalue weighted by molar-refractivity contribution is 0.0624. The zero-order valence-corrected chi connectivity index (χ0v) is 12.6. The van der Waals surface area contributed by atoms with Gasteiger partial charge in [0, 0.05) is 0 Å². The van der Waals surface area contributed by atoms with Crippen LogP contribution in [0, 0.1) is 0 Å². The number of aromatic carboxylic acids is 2. The summed E-state index contributed by atoms with van der Waals surface area (Å²) >= 11 is 0. The minimum atomic E-state index is -1.02. The van der Waals surface area contributed by atoms with E-state index < -0.39 is 18.0 Å². The van der Waals surface area contributed by atoms with Crippen molar-refractivity contribution in [2.24, 2.45) is 0 Å². The van der Waals surface area contributed by atoms with Crippen molar-refractivity contribution < 1.29 is 34.4 Å². The molecule has 0 saturated heterocycles. The van der Waals surface area contributed by atoms with Gasteiger partial charge in [0.25, 0.3) is 0 Å². The number of hydrogen-bond acceptors (Lipinski definition) is 5. The Hall–Kier alpha value is -3.06. The van der Waals surface area contributed by atoms with Crippen LogP contribution in [0.5, 0.6) is 11.5 Å². The number of benzene rings is 2. The first-order valence-electron chi connectivity index (χ1n) is 7.06. The molecular weight excluding hydrogens is 316 g/mol. The summed E-state index contributed by atoms with van der Waals surface area (Å²) in [6.07, 6.45) is -0.900. The maximum atomic E-state index is 10.7. The van der Waals surface area contributed by atoms with Crippen molar-refractivity contribution in [1.29, 1.82) is 0 Å². The van der Waals surface area contributed by atoms with Crippen LogP contribution < -0.4 is 9.47 Å². The van der Waals surface area contributed by atoms with Gasteiger partial charge in [-0.2, -0.15) is 0 Å². The summed E-state index contributed by atoms with van der Waals surface area (Å²) in [5.41, 5.74) is 0.298. The van der Waals surface area contributed by atoms with E-state index in [0.29, 0.717) is 11.5 Å². The predicted molar refractivity (Wildman–Crippen MR) is 83.8 cm³/mol. The van der Waals surface area contributed by atoms with Crippen LogP contribution in [0.15, 0.2) is 48.5 Å². The Balaban J connectivity index is 1.77. The van der Waals surface area contributed by atoms with Crippen molar-refractivity contribution in [1.82, 2.24) is 0 Å². The predicted octanol–water partition coefficient (Wildman–Crippen LogP) is 1.90. The lowest BCUT2D eigenvalue weighted by Crippen LogP contribution is -2.25. The van der Waals surface area contributed by atoms with Crippen LogP contribution in [0.25, 0.3) is 0 Å². The third kappa shape index (κ3) is 4.99. The van der Waals surface area contributed by atoms with Crippen LogP contribution in [0.1, 0.15) is 20.7 Å². The summed E-state index contributed by atoms with van der Waals surface area (Å²) in [5, 5.41) is 27.4. The van der Waals surface area contributed by atoms with Gasteiger partial charge in [-0.05, 0) is 48.5 Å². The maximum absolute atomic E-state index is 10.7. The molecule has 0 aromatic heterocycles. The molecule has 0 saturated carbocycles. The minimum absolute atomic E-state index is 0.0281. The Labute approximate surface area is 137 Å². The van der Waals surface area contributed by atoms with Crippen molar-refractivity contribution in [2.45, 2.75) is 6.10 Å². The smallest absolute Gasteiger partial charge is 0.335 e. The minimum Gasteiger partial charge on any atom is -0.491 e. The normalized spacial score (nSPS) is 10.4. The van der Waals surface area contributed by atoms with E-state index in [-0.39, 0.29) is 24.3 Å². The van der Waals surface area contributed by atoms with E-state index in [1.54, 1.807) is 0 Å². The average Bonchev–Trinajstić information content (AvgIpc) is 2.58. The molecule has 24 heavy (non-hydrogen) atoms. The maximum Gasteiger partial charge on any atom is 0.335 e. The highest BCUT2D eigenvalue weighted by Crippen LogP contribution is 2.14. The molecule has 0 heterocycles. The van der Waals surface area contributed by atoms with E-state index in [4.69, 9.17) is 19.7 Å². The molecule has 0 aliphatic carbocycles. The molecule has 0 spiro atoms. The standard InChI is InChI=1S/C17H16O7/c18-13(9-23-14-5-1-11(2-6-14)16(19)20)10-24-15-7-3-12(4-8-15)17(21)22/h1-8,13,18H,9-10H2,(H,19,20)(H,21,22). The van der Waals surface area contributed by atoms with Gasteiger partial charge < -0.3 is 24.8 Å². The molecule has 2 rings (SSSR count). The molecule has 2 aromatic carbocycles. The van der Waals surface area contributed by atoms with Crippen LogP contribution in [-0.2, 0) is 0 Å². The second-order valence-electron chi connectivity index (χ2n) is 4.93. The van der Waals surface area contributed by atoms with Crippen molar-refractivity contribution in [3.05, 3.63) is 59.7 Å². The van der Waals surface area contributed by atoms with E-state index in [1.807, 2.05) is 0 Å². The average molecular weight is 332 g/mol. The number of carboxylic acid groups (broad SMARTS) is 2. The fraction of sp³-hybridized carbons (Fsp3) is 0.176. The van der Waals surface area contributed by atoms with Gasteiger partial charge in [-0.25, -0.2) is 9.59 Å². The zero-order valence-electron chi connectivity index (χ0n) is 12.6. The molecule has 3 N–H and O–H groups in total. The van der Waals surface area contributed by atoms with E-state index >= 15 is 0 Å². The van der Waals surface area contributed by atoms with Gasteiger partial charge in [0.05, 0.1) is 11.1 Å². The fourth-order valence-electron chi connectivity index (χ4n) is 1.82. The summed E-state index contributed by atoms with van der Waals surface area (Å²) in [6, 6.07) is 11.6. The monoisotopic (exact) mass is 332 g/mol. The highest BCUT2D eigenvalue weighted by atomic mass is 16.5. The highest BCUT2D eigenvalue weighted by molar-refractivity contribution is 5.88. The highest BCUT2D eigenvalue weighted by Gasteiger charge is 2.08. The number of hydrogen-bond donors (Lipinski definition) is 3. The van der Waals surface area contributed by atoms with E-state index in [9.17, 15) is 14.7 Å². The van der Waals surface area contributed by atoms with Crippen LogP contribution in [0.3, 0.4) is 0 Å². The Morgan fingerprint density at radius 3 is 1.38 bits per heavy atom. The molecule has 0 amide bonds. The zero-order chi connectivity index (χ0) is 17.5. The lowest BCUT2D eigenvalue weighted by Gasteiger charge is -2.13. The largest absolute Gasteiger partial charge is 0.491 e. The first-order chi connectivity index (χ1) is 11.5. The molecule has 0 atom stereocenters. The second-order valence-corrected chi connectivity index (χ2v) is 4.93. The van der Waals surface area contributed by atoms with Crippen molar-refractivity contribution in [3.63, 3.8) is 0 Å². The number of carboxylic acids is 2. The topological polar surface area (TPSA) is 113 Å². The van der Waals surface area contributed by atoms with Crippen molar-refractivity contribution in [3.8, 4) is 11.5 Å².